The van der Waals surface area contributed by atoms with Crippen LogP contribution in [0.4, 0.5) is 0 Å². The van der Waals surface area contributed by atoms with Crippen LogP contribution in [-0.4, -0.2) is 11.7 Å². The zero-order valence-corrected chi connectivity index (χ0v) is 7.08. The molecule has 1 nitrogen and oxygen atoms in total. The molecule has 0 radical (unpaired) electrons. The normalized spacial score (nSPS) is 20.6. The Morgan fingerprint density at radius 1 is 1.60 bits per heavy atom. The Morgan fingerprint density at radius 2 is 2.20 bits per heavy atom. The van der Waals surface area contributed by atoms with Crippen molar-refractivity contribution in [2.75, 3.05) is 5.88 Å². The first-order valence-corrected chi connectivity index (χ1v) is 4.32. The van der Waals surface area contributed by atoms with E-state index >= 15 is 0 Å². The van der Waals surface area contributed by atoms with E-state index in [1.54, 1.807) is 6.92 Å². The summed E-state index contributed by atoms with van der Waals surface area (Å²) in [4.78, 5) is 11.0. The average Bonchev–Trinajstić information content (AvgIpc) is 2.64. The highest BCUT2D eigenvalue weighted by molar-refractivity contribution is 6.17. The molecule has 0 heterocycles. The van der Waals surface area contributed by atoms with Gasteiger partial charge in [-0.25, -0.2) is 0 Å². The molecule has 0 aromatic heterocycles. The van der Waals surface area contributed by atoms with E-state index in [2.05, 4.69) is 0 Å². The summed E-state index contributed by atoms with van der Waals surface area (Å²) in [6, 6.07) is 0. The van der Waals surface area contributed by atoms with E-state index in [-0.39, 0.29) is 5.41 Å². The molecule has 0 aromatic carbocycles. The number of alkyl halides is 1. The van der Waals surface area contributed by atoms with Gasteiger partial charge in [-0.05, 0) is 32.6 Å². The van der Waals surface area contributed by atoms with Crippen LogP contribution in [0, 0.1) is 5.41 Å². The molecule has 1 rings (SSSR count). The molecule has 1 aliphatic carbocycles. The fourth-order valence-corrected chi connectivity index (χ4v) is 1.47. The second-order valence-electron chi connectivity index (χ2n) is 3.13. The molecule has 0 atom stereocenters. The monoisotopic (exact) mass is 160 g/mol. The van der Waals surface area contributed by atoms with Gasteiger partial charge in [-0.1, -0.05) is 0 Å². The number of hydrogen-bond donors (Lipinski definition) is 0. The molecule has 0 N–H and O–H groups in total. The van der Waals surface area contributed by atoms with Crippen molar-refractivity contribution < 1.29 is 4.79 Å². The summed E-state index contributed by atoms with van der Waals surface area (Å²) in [5, 5.41) is 0. The minimum absolute atomic E-state index is 0.0783. The number of carbonyl (C=O) groups is 1. The number of ketones is 1. The highest BCUT2D eigenvalue weighted by Crippen LogP contribution is 2.50. The summed E-state index contributed by atoms with van der Waals surface area (Å²) < 4.78 is 0. The van der Waals surface area contributed by atoms with Gasteiger partial charge in [0.1, 0.15) is 5.78 Å². The SMILES string of the molecule is CC(=O)C1(CCCCl)CC1. The van der Waals surface area contributed by atoms with Gasteiger partial charge in [-0.2, -0.15) is 0 Å². The summed E-state index contributed by atoms with van der Waals surface area (Å²) in [6.45, 7) is 1.70. The Morgan fingerprint density at radius 3 is 2.50 bits per heavy atom. The van der Waals surface area contributed by atoms with Crippen molar-refractivity contribution in [1.82, 2.24) is 0 Å². The number of hydrogen-bond acceptors (Lipinski definition) is 1. The zero-order chi connectivity index (χ0) is 7.61. The Kier molecular flexibility index (Phi) is 2.35. The zero-order valence-electron chi connectivity index (χ0n) is 6.32. The lowest BCUT2D eigenvalue weighted by Crippen LogP contribution is -2.11. The van der Waals surface area contributed by atoms with Crippen LogP contribution in [0.25, 0.3) is 0 Å². The maximum Gasteiger partial charge on any atom is 0.135 e. The Labute approximate surface area is 66.8 Å². The lowest BCUT2D eigenvalue weighted by molar-refractivity contribution is -0.122. The third-order valence-electron chi connectivity index (χ3n) is 2.39. The second-order valence-corrected chi connectivity index (χ2v) is 3.51. The van der Waals surface area contributed by atoms with Gasteiger partial charge in [-0.15, -0.1) is 11.6 Å². The number of Topliss-reactive ketones (excluding diaryl/α,β-unsaturated/α-hetero) is 1. The van der Waals surface area contributed by atoms with E-state index in [0.717, 1.165) is 25.7 Å². The van der Waals surface area contributed by atoms with Gasteiger partial charge in [0.05, 0.1) is 0 Å². The number of halogens is 1. The standard InChI is InChI=1S/C8H13ClO/c1-7(10)8(4-5-8)3-2-6-9/h2-6H2,1H3. The van der Waals surface area contributed by atoms with Crippen molar-refractivity contribution in [3.63, 3.8) is 0 Å². The molecule has 1 fully saturated rings. The van der Waals surface area contributed by atoms with Gasteiger partial charge in [-0.3, -0.25) is 4.79 Å². The molecule has 1 saturated carbocycles. The molecule has 2 heteroatoms. The molecule has 58 valence electrons. The van der Waals surface area contributed by atoms with Crippen LogP contribution in [-0.2, 0) is 4.79 Å². The van der Waals surface area contributed by atoms with Gasteiger partial charge in [0.15, 0.2) is 0 Å². The van der Waals surface area contributed by atoms with E-state index in [1.807, 2.05) is 0 Å². The van der Waals surface area contributed by atoms with Crippen molar-refractivity contribution >= 4 is 17.4 Å². The fraction of sp³-hybridized carbons (Fsp3) is 0.875. The molecule has 0 bridgehead atoms. The largest absolute Gasteiger partial charge is 0.299 e. The molecule has 0 spiro atoms. The predicted molar refractivity (Wildman–Crippen MR) is 42.3 cm³/mol. The maximum absolute atomic E-state index is 11.0. The van der Waals surface area contributed by atoms with Gasteiger partial charge in [0.25, 0.3) is 0 Å². The van der Waals surface area contributed by atoms with E-state index in [9.17, 15) is 4.79 Å². The minimum atomic E-state index is 0.0783. The van der Waals surface area contributed by atoms with Crippen molar-refractivity contribution in [2.24, 2.45) is 5.41 Å². The van der Waals surface area contributed by atoms with Crippen LogP contribution in [0.15, 0.2) is 0 Å². The van der Waals surface area contributed by atoms with Crippen molar-refractivity contribution in [2.45, 2.75) is 32.6 Å². The van der Waals surface area contributed by atoms with E-state index in [4.69, 9.17) is 11.6 Å². The van der Waals surface area contributed by atoms with Crippen molar-refractivity contribution in [3.05, 3.63) is 0 Å². The van der Waals surface area contributed by atoms with Gasteiger partial charge < -0.3 is 0 Å². The van der Waals surface area contributed by atoms with Crippen molar-refractivity contribution in [1.29, 1.82) is 0 Å². The second kappa shape index (κ2) is 2.91. The van der Waals surface area contributed by atoms with E-state index in [1.165, 1.54) is 0 Å². The van der Waals surface area contributed by atoms with Crippen LogP contribution in [0.5, 0.6) is 0 Å². The van der Waals surface area contributed by atoms with Crippen LogP contribution in [0.2, 0.25) is 0 Å². The average molecular weight is 161 g/mol. The Bertz CT molecular complexity index is 138. The number of rotatable bonds is 4. The van der Waals surface area contributed by atoms with Crippen LogP contribution < -0.4 is 0 Å². The van der Waals surface area contributed by atoms with E-state index in [0.29, 0.717) is 11.7 Å². The highest BCUT2D eigenvalue weighted by Gasteiger charge is 2.45. The molecular formula is C8H13ClO. The molecule has 10 heavy (non-hydrogen) atoms. The number of carbonyl (C=O) groups excluding carboxylic acids is 1. The molecule has 0 unspecified atom stereocenters. The summed E-state index contributed by atoms with van der Waals surface area (Å²) in [7, 11) is 0. The molecule has 0 aromatic rings. The molecule has 0 saturated heterocycles. The minimum Gasteiger partial charge on any atom is -0.299 e. The summed E-state index contributed by atoms with van der Waals surface area (Å²) >= 11 is 5.53. The van der Waals surface area contributed by atoms with Crippen LogP contribution in [0.1, 0.15) is 32.6 Å². The molecule has 1 aliphatic rings. The van der Waals surface area contributed by atoms with Crippen molar-refractivity contribution in [3.8, 4) is 0 Å². The Hall–Kier alpha value is -0.0400. The van der Waals surface area contributed by atoms with E-state index < -0.39 is 0 Å². The lowest BCUT2D eigenvalue weighted by atomic mass is 9.96. The molecular weight excluding hydrogens is 148 g/mol. The maximum atomic E-state index is 11.0. The van der Waals surface area contributed by atoms with Gasteiger partial charge in [0, 0.05) is 11.3 Å². The first kappa shape index (κ1) is 8.06. The third-order valence-corrected chi connectivity index (χ3v) is 2.66. The first-order valence-electron chi connectivity index (χ1n) is 3.78. The summed E-state index contributed by atoms with van der Waals surface area (Å²) in [6.07, 6.45) is 4.19. The Balaban J connectivity index is 2.31. The summed E-state index contributed by atoms with van der Waals surface area (Å²) in [5.74, 6) is 1.05. The van der Waals surface area contributed by atoms with Gasteiger partial charge >= 0.3 is 0 Å². The highest BCUT2D eigenvalue weighted by atomic mass is 35.5. The topological polar surface area (TPSA) is 17.1 Å². The van der Waals surface area contributed by atoms with Crippen LogP contribution in [0.3, 0.4) is 0 Å². The predicted octanol–water partition coefficient (Wildman–Crippen LogP) is 2.37. The fourth-order valence-electron chi connectivity index (χ4n) is 1.33. The quantitative estimate of drug-likeness (QED) is 0.578. The first-order chi connectivity index (χ1) is 4.71. The van der Waals surface area contributed by atoms with Gasteiger partial charge in [0.2, 0.25) is 0 Å². The molecule has 0 amide bonds. The van der Waals surface area contributed by atoms with Crippen LogP contribution >= 0.6 is 11.6 Å². The smallest absolute Gasteiger partial charge is 0.135 e. The lowest BCUT2D eigenvalue weighted by Gasteiger charge is -2.07. The molecule has 0 aliphatic heterocycles. The third kappa shape index (κ3) is 1.51. The summed E-state index contributed by atoms with van der Waals surface area (Å²) in [5.41, 5.74) is 0.0783.